The maximum absolute atomic E-state index is 11.4. The Morgan fingerprint density at radius 3 is 2.71 bits per heavy atom. The van der Waals surface area contributed by atoms with Crippen LogP contribution in [0.3, 0.4) is 0 Å². The Kier molecular flexibility index (Phi) is 2.71. The number of aliphatic carboxylic acids is 1. The highest BCUT2D eigenvalue weighted by atomic mass is 16.4. The van der Waals surface area contributed by atoms with E-state index in [2.05, 4.69) is 6.58 Å². The average molecular weight is 231 g/mol. The minimum atomic E-state index is -1.02. The van der Waals surface area contributed by atoms with Gasteiger partial charge in [0.1, 0.15) is 0 Å². The monoisotopic (exact) mass is 231 g/mol. The lowest BCUT2D eigenvalue weighted by Gasteiger charge is -2.14. The van der Waals surface area contributed by atoms with E-state index in [-0.39, 0.29) is 11.5 Å². The third-order valence-corrected chi connectivity index (χ3v) is 2.96. The van der Waals surface area contributed by atoms with Crippen LogP contribution >= 0.6 is 0 Å². The zero-order valence-corrected chi connectivity index (χ0v) is 9.56. The number of amides is 1. The molecule has 0 fully saturated rings. The summed E-state index contributed by atoms with van der Waals surface area (Å²) in [6.45, 7) is 5.71. The van der Waals surface area contributed by atoms with Gasteiger partial charge in [-0.05, 0) is 29.7 Å². The van der Waals surface area contributed by atoms with Crippen molar-refractivity contribution in [1.82, 2.24) is 0 Å². The quantitative estimate of drug-likeness (QED) is 0.788. The summed E-state index contributed by atoms with van der Waals surface area (Å²) < 4.78 is 0. The van der Waals surface area contributed by atoms with E-state index >= 15 is 0 Å². The first kappa shape index (κ1) is 11.4. The Balaban J connectivity index is 2.38. The van der Waals surface area contributed by atoms with Crippen LogP contribution in [0.2, 0.25) is 0 Å². The molecule has 88 valence electrons. The Morgan fingerprint density at radius 2 is 2.12 bits per heavy atom. The Morgan fingerprint density at radius 1 is 1.41 bits per heavy atom. The Labute approximate surface area is 99.2 Å². The molecule has 1 aliphatic rings. The largest absolute Gasteiger partial charge is 0.478 e. The van der Waals surface area contributed by atoms with Crippen LogP contribution in [0.4, 0.5) is 5.69 Å². The number of nitrogens with zero attached hydrogens (tertiary/aromatic N) is 1. The highest BCUT2D eigenvalue weighted by Gasteiger charge is 2.22. The fourth-order valence-electron chi connectivity index (χ4n) is 2.04. The fraction of sp³-hybridized carbons (Fsp3) is 0.231. The SMILES string of the molecule is C=C(C(=O)O)c1ccc2c(c1)CCN2C(C)=O. The van der Waals surface area contributed by atoms with Crippen LogP contribution in [0.25, 0.3) is 5.57 Å². The molecule has 0 atom stereocenters. The van der Waals surface area contributed by atoms with Crippen molar-refractivity contribution in [2.24, 2.45) is 0 Å². The lowest BCUT2D eigenvalue weighted by atomic mass is 10.0. The molecule has 0 bridgehead atoms. The molecule has 0 radical (unpaired) electrons. The summed E-state index contributed by atoms with van der Waals surface area (Å²) in [7, 11) is 0. The van der Waals surface area contributed by atoms with Gasteiger partial charge in [-0.3, -0.25) is 4.79 Å². The molecule has 17 heavy (non-hydrogen) atoms. The molecule has 0 unspecified atom stereocenters. The predicted molar refractivity (Wildman–Crippen MR) is 64.8 cm³/mol. The van der Waals surface area contributed by atoms with E-state index in [1.165, 1.54) is 6.92 Å². The molecule has 1 aromatic rings. The first-order valence-corrected chi connectivity index (χ1v) is 5.34. The number of hydrogen-bond donors (Lipinski definition) is 1. The van der Waals surface area contributed by atoms with Crippen LogP contribution in [0.5, 0.6) is 0 Å². The van der Waals surface area contributed by atoms with Gasteiger partial charge >= 0.3 is 5.97 Å². The second-order valence-corrected chi connectivity index (χ2v) is 4.05. The van der Waals surface area contributed by atoms with Crippen molar-refractivity contribution < 1.29 is 14.7 Å². The molecule has 4 nitrogen and oxygen atoms in total. The first-order chi connectivity index (χ1) is 8.00. The molecular formula is C13H13NO3. The standard InChI is InChI=1S/C13H13NO3/c1-8(13(16)17)10-3-4-12-11(7-10)5-6-14(12)9(2)15/h3-4,7H,1,5-6H2,2H3,(H,16,17). The zero-order valence-electron chi connectivity index (χ0n) is 9.56. The van der Waals surface area contributed by atoms with Crippen molar-refractivity contribution in [3.8, 4) is 0 Å². The van der Waals surface area contributed by atoms with Crippen LogP contribution in [0.15, 0.2) is 24.8 Å². The molecule has 0 saturated heterocycles. The van der Waals surface area contributed by atoms with Crippen LogP contribution in [0, 0.1) is 0 Å². The Bertz CT molecular complexity index is 519. The summed E-state index contributed by atoms with van der Waals surface area (Å²) in [4.78, 5) is 23.9. The molecule has 0 spiro atoms. The molecule has 2 rings (SSSR count). The van der Waals surface area contributed by atoms with Crippen molar-refractivity contribution in [3.63, 3.8) is 0 Å². The van der Waals surface area contributed by atoms with Gasteiger partial charge in [0, 0.05) is 19.2 Å². The van der Waals surface area contributed by atoms with Crippen LogP contribution in [-0.4, -0.2) is 23.5 Å². The number of hydrogen-bond acceptors (Lipinski definition) is 2. The van der Waals surface area contributed by atoms with Crippen molar-refractivity contribution in [2.45, 2.75) is 13.3 Å². The smallest absolute Gasteiger partial charge is 0.335 e. The number of fused-ring (bicyclic) bond motifs is 1. The lowest BCUT2D eigenvalue weighted by molar-refractivity contribution is -0.130. The maximum atomic E-state index is 11.4. The van der Waals surface area contributed by atoms with E-state index < -0.39 is 5.97 Å². The third-order valence-electron chi connectivity index (χ3n) is 2.96. The maximum Gasteiger partial charge on any atom is 0.335 e. The van der Waals surface area contributed by atoms with Gasteiger partial charge in [0.05, 0.1) is 5.57 Å². The van der Waals surface area contributed by atoms with Gasteiger partial charge in [-0.1, -0.05) is 12.6 Å². The molecule has 0 saturated carbocycles. The van der Waals surface area contributed by atoms with Gasteiger partial charge in [-0.25, -0.2) is 4.79 Å². The highest BCUT2D eigenvalue weighted by molar-refractivity contribution is 6.14. The van der Waals surface area contributed by atoms with E-state index in [0.29, 0.717) is 12.1 Å². The summed E-state index contributed by atoms with van der Waals surface area (Å²) in [6, 6.07) is 5.28. The van der Waals surface area contributed by atoms with E-state index in [1.807, 2.05) is 0 Å². The minimum absolute atomic E-state index is 0.00793. The molecule has 1 N–H and O–H groups in total. The van der Waals surface area contributed by atoms with Gasteiger partial charge in [0.25, 0.3) is 0 Å². The van der Waals surface area contributed by atoms with E-state index in [9.17, 15) is 9.59 Å². The molecular weight excluding hydrogens is 218 g/mol. The lowest BCUT2D eigenvalue weighted by Crippen LogP contribution is -2.25. The van der Waals surface area contributed by atoms with Gasteiger partial charge in [-0.15, -0.1) is 0 Å². The van der Waals surface area contributed by atoms with E-state index in [0.717, 1.165) is 17.7 Å². The van der Waals surface area contributed by atoms with Crippen molar-refractivity contribution in [2.75, 3.05) is 11.4 Å². The van der Waals surface area contributed by atoms with Crippen molar-refractivity contribution >= 4 is 23.1 Å². The summed E-state index contributed by atoms with van der Waals surface area (Å²) in [5.41, 5.74) is 2.55. The molecule has 4 heteroatoms. The highest BCUT2D eigenvalue weighted by Crippen LogP contribution is 2.30. The van der Waals surface area contributed by atoms with E-state index in [1.54, 1.807) is 23.1 Å². The third kappa shape index (κ3) is 1.93. The van der Waals surface area contributed by atoms with Crippen LogP contribution in [0.1, 0.15) is 18.1 Å². The minimum Gasteiger partial charge on any atom is -0.478 e. The van der Waals surface area contributed by atoms with Crippen molar-refractivity contribution in [1.29, 1.82) is 0 Å². The summed E-state index contributed by atoms with van der Waals surface area (Å²) in [5, 5.41) is 8.86. The number of carboxylic acid groups (broad SMARTS) is 1. The first-order valence-electron chi connectivity index (χ1n) is 5.34. The topological polar surface area (TPSA) is 57.6 Å². The number of rotatable bonds is 2. The summed E-state index contributed by atoms with van der Waals surface area (Å²) in [6.07, 6.45) is 0.760. The van der Waals surface area contributed by atoms with Crippen LogP contribution in [-0.2, 0) is 16.0 Å². The van der Waals surface area contributed by atoms with Crippen molar-refractivity contribution in [3.05, 3.63) is 35.9 Å². The zero-order chi connectivity index (χ0) is 12.6. The molecule has 1 aliphatic heterocycles. The molecule has 1 heterocycles. The van der Waals surface area contributed by atoms with Gasteiger partial charge in [0.2, 0.25) is 5.91 Å². The number of carbonyl (C=O) groups excluding carboxylic acids is 1. The fourth-order valence-corrected chi connectivity index (χ4v) is 2.04. The average Bonchev–Trinajstić information content (AvgIpc) is 2.70. The Hall–Kier alpha value is -2.10. The predicted octanol–water partition coefficient (Wildman–Crippen LogP) is 1.69. The second-order valence-electron chi connectivity index (χ2n) is 4.05. The number of carboxylic acids is 1. The molecule has 0 aromatic heterocycles. The molecule has 1 amide bonds. The van der Waals surface area contributed by atoms with Crippen LogP contribution < -0.4 is 4.90 Å². The number of anilines is 1. The van der Waals surface area contributed by atoms with Gasteiger partial charge in [0.15, 0.2) is 0 Å². The second kappa shape index (κ2) is 4.05. The summed E-state index contributed by atoms with van der Waals surface area (Å²) in [5.74, 6) is -1.01. The van der Waals surface area contributed by atoms with E-state index in [4.69, 9.17) is 5.11 Å². The summed E-state index contributed by atoms with van der Waals surface area (Å²) >= 11 is 0. The van der Waals surface area contributed by atoms with Gasteiger partial charge < -0.3 is 10.0 Å². The normalized spacial score (nSPS) is 13.4. The molecule has 1 aromatic carbocycles. The molecule has 0 aliphatic carbocycles. The number of benzene rings is 1. The van der Waals surface area contributed by atoms with Gasteiger partial charge in [-0.2, -0.15) is 0 Å². The number of carbonyl (C=O) groups is 2.